The second-order valence-corrected chi connectivity index (χ2v) is 18.1. The second kappa shape index (κ2) is 20.6. The fourth-order valence-corrected chi connectivity index (χ4v) is 9.87. The molecule has 2 unspecified atom stereocenters. The van der Waals surface area contributed by atoms with Gasteiger partial charge in [0.15, 0.2) is 0 Å². The normalized spacial score (nSPS) is 37.0. The molecule has 0 aromatic heterocycles. The van der Waals surface area contributed by atoms with Gasteiger partial charge in [-0.1, -0.05) is 84.9 Å². The van der Waals surface area contributed by atoms with Crippen LogP contribution in [0.5, 0.6) is 0 Å². The Morgan fingerprint density at radius 3 is 1.68 bits per heavy atom. The van der Waals surface area contributed by atoms with Crippen LogP contribution < -0.4 is 0 Å². The highest BCUT2D eigenvalue weighted by atomic mass is 16.6. The molecule has 10 heteroatoms. The van der Waals surface area contributed by atoms with Crippen molar-refractivity contribution in [3.05, 3.63) is 47.6 Å². The van der Waals surface area contributed by atoms with Crippen LogP contribution in [0.2, 0.25) is 0 Å². The number of aliphatic hydroxyl groups is 2. The van der Waals surface area contributed by atoms with Crippen LogP contribution in [-0.4, -0.2) is 70.7 Å². The van der Waals surface area contributed by atoms with Gasteiger partial charge >= 0.3 is 23.9 Å². The van der Waals surface area contributed by atoms with Gasteiger partial charge in [0.2, 0.25) is 0 Å². The van der Waals surface area contributed by atoms with Gasteiger partial charge in [0.05, 0.1) is 36.9 Å². The first-order valence-electron chi connectivity index (χ1n) is 22.1. The van der Waals surface area contributed by atoms with E-state index < -0.39 is 12.2 Å². The number of hydrogen-bond acceptors (Lipinski definition) is 10. The molecule has 0 aromatic rings. The number of esters is 4. The minimum atomic E-state index is -0.597. The van der Waals surface area contributed by atoms with Crippen LogP contribution in [-0.2, 0) is 38.1 Å². The molecule has 0 saturated carbocycles. The van der Waals surface area contributed by atoms with Crippen molar-refractivity contribution in [2.24, 2.45) is 53.3 Å². The number of rotatable bonds is 12. The van der Waals surface area contributed by atoms with Gasteiger partial charge in [-0.2, -0.15) is 0 Å². The van der Waals surface area contributed by atoms with Crippen LogP contribution in [0, 0.1) is 53.3 Å². The third-order valence-corrected chi connectivity index (χ3v) is 13.6. The predicted octanol–water partition coefficient (Wildman–Crippen LogP) is 8.15. The molecule has 10 nitrogen and oxygen atoms in total. The number of ether oxygens (including phenoxy) is 4. The minimum Gasteiger partial charge on any atom is -0.462 e. The Labute approximate surface area is 340 Å². The summed E-state index contributed by atoms with van der Waals surface area (Å²) in [6.07, 6.45) is 20.3. The molecule has 57 heavy (non-hydrogen) atoms. The molecule has 15 atom stereocenters. The van der Waals surface area contributed by atoms with Gasteiger partial charge in [0.25, 0.3) is 0 Å². The van der Waals surface area contributed by atoms with E-state index in [9.17, 15) is 29.4 Å². The zero-order valence-electron chi connectivity index (χ0n) is 35.5. The molecular weight excluding hydrogens is 725 g/mol. The summed E-state index contributed by atoms with van der Waals surface area (Å²) < 4.78 is 22.9. The number of fused-ring (bicyclic) bond motifs is 2. The number of aliphatic hydroxyl groups excluding tert-OH is 2. The Kier molecular flexibility index (Phi) is 16.2. The Hall–Kier alpha value is -3.24. The summed E-state index contributed by atoms with van der Waals surface area (Å²) in [5.74, 6) is 1.18. The highest BCUT2D eigenvalue weighted by molar-refractivity contribution is 5.73. The van der Waals surface area contributed by atoms with Crippen molar-refractivity contribution in [2.75, 3.05) is 0 Å². The summed E-state index contributed by atoms with van der Waals surface area (Å²) in [7, 11) is 0. The molecule has 2 fully saturated rings. The topological polar surface area (TPSA) is 146 Å². The van der Waals surface area contributed by atoms with Gasteiger partial charge in [0.1, 0.15) is 24.4 Å². The smallest absolute Gasteiger partial charge is 0.308 e. The van der Waals surface area contributed by atoms with E-state index in [1.807, 2.05) is 27.7 Å². The average molecular weight is 795 g/mol. The van der Waals surface area contributed by atoms with Gasteiger partial charge in [0, 0.05) is 24.7 Å². The molecular formula is C47H70O10. The summed E-state index contributed by atoms with van der Waals surface area (Å²) in [5.41, 5.74) is 2.55. The van der Waals surface area contributed by atoms with E-state index in [-0.39, 0.29) is 84.8 Å². The van der Waals surface area contributed by atoms with Gasteiger partial charge in [-0.25, -0.2) is 0 Å². The lowest BCUT2D eigenvalue weighted by Gasteiger charge is -2.43. The summed E-state index contributed by atoms with van der Waals surface area (Å²) in [5, 5.41) is 19.8. The number of allylic oxidation sites excluding steroid dienone is 6. The van der Waals surface area contributed by atoms with Gasteiger partial charge in [-0.15, -0.1) is 0 Å². The molecule has 4 aliphatic carbocycles. The summed E-state index contributed by atoms with van der Waals surface area (Å²) in [4.78, 5) is 48.3. The molecule has 0 radical (unpaired) electrons. The first-order chi connectivity index (χ1) is 27.2. The van der Waals surface area contributed by atoms with Crippen LogP contribution in [0.1, 0.15) is 132 Å². The number of carbonyl (C=O) groups excluding carboxylic acids is 4. The molecule has 6 aliphatic rings. The maximum atomic E-state index is 12.5. The summed E-state index contributed by atoms with van der Waals surface area (Å²) >= 11 is 0. The molecule has 0 spiro atoms. The van der Waals surface area contributed by atoms with Gasteiger partial charge in [-0.05, 0) is 98.5 Å². The molecule has 6 rings (SSSR count). The van der Waals surface area contributed by atoms with E-state index in [1.54, 1.807) is 0 Å². The molecule has 2 heterocycles. The molecule has 0 amide bonds. The highest BCUT2D eigenvalue weighted by Gasteiger charge is 2.43. The molecule has 318 valence electrons. The zero-order valence-corrected chi connectivity index (χ0v) is 35.5. The maximum Gasteiger partial charge on any atom is 0.308 e. The number of hydrogen-bond donors (Lipinski definition) is 2. The van der Waals surface area contributed by atoms with E-state index in [2.05, 4.69) is 57.2 Å². The van der Waals surface area contributed by atoms with E-state index in [4.69, 9.17) is 18.9 Å². The highest BCUT2D eigenvalue weighted by Crippen LogP contribution is 2.46. The Balaban J connectivity index is 0.000000218. The fourth-order valence-electron chi connectivity index (χ4n) is 9.87. The third kappa shape index (κ3) is 11.9. The van der Waals surface area contributed by atoms with E-state index in [1.165, 1.54) is 11.1 Å². The molecule has 0 aromatic carbocycles. The van der Waals surface area contributed by atoms with Crippen LogP contribution in [0.4, 0.5) is 0 Å². The van der Waals surface area contributed by atoms with Gasteiger partial charge in [-0.3, -0.25) is 19.2 Å². The van der Waals surface area contributed by atoms with Crippen LogP contribution in [0.3, 0.4) is 0 Å². The van der Waals surface area contributed by atoms with Crippen molar-refractivity contribution in [3.8, 4) is 0 Å². The van der Waals surface area contributed by atoms with E-state index in [0.717, 1.165) is 57.8 Å². The van der Waals surface area contributed by atoms with Crippen molar-refractivity contribution >= 4 is 23.9 Å². The van der Waals surface area contributed by atoms with E-state index in [0.29, 0.717) is 42.4 Å². The standard InChI is InChI=1S/C24H36O5.C23H34O5/c1-5-15(3)24(27)29-21-11-14(2)10-17-7-6-16(4)20(23(17)21)9-8-19-12-18(25)13-22(26)28-19;1-4-14(2)23(26)28-20-7-5-6-16-9-8-15(3)19(22(16)20)11-10-18-12-17(24)13-21(25)27-18/h6-7,10,14-16,18-21,23,25H,5,8-9,11-13H2,1-4H3;6,8-9,14-15,17-20,22,24H,4-5,7,10-13H2,1-3H3/t14-,15-,16-,18+,19?,20-,21-,23-;14-,15-,17+,18?,19-,20-,22-/m00/s1. The maximum absolute atomic E-state index is 12.5. The molecule has 2 saturated heterocycles. The lowest BCUT2D eigenvalue weighted by Crippen LogP contribution is -2.42. The zero-order chi connectivity index (χ0) is 41.4. The monoisotopic (exact) mass is 794 g/mol. The number of cyclic esters (lactones) is 2. The van der Waals surface area contributed by atoms with Crippen molar-refractivity contribution < 1.29 is 48.3 Å². The van der Waals surface area contributed by atoms with E-state index >= 15 is 0 Å². The Morgan fingerprint density at radius 1 is 0.719 bits per heavy atom. The average Bonchev–Trinajstić information content (AvgIpc) is 3.16. The Morgan fingerprint density at radius 2 is 1.19 bits per heavy atom. The van der Waals surface area contributed by atoms with Crippen LogP contribution in [0.15, 0.2) is 47.6 Å². The van der Waals surface area contributed by atoms with Crippen molar-refractivity contribution in [1.82, 2.24) is 0 Å². The fraction of sp³-hybridized carbons (Fsp3) is 0.745. The minimum absolute atomic E-state index is 0.0764. The predicted molar refractivity (Wildman–Crippen MR) is 217 cm³/mol. The summed E-state index contributed by atoms with van der Waals surface area (Å²) in [6, 6.07) is 0. The third-order valence-electron chi connectivity index (χ3n) is 13.6. The van der Waals surface area contributed by atoms with Crippen molar-refractivity contribution in [2.45, 2.75) is 169 Å². The summed E-state index contributed by atoms with van der Waals surface area (Å²) in [6.45, 7) is 14.5. The second-order valence-electron chi connectivity index (χ2n) is 18.1. The first-order valence-corrected chi connectivity index (χ1v) is 22.1. The number of carbonyl (C=O) groups is 4. The quantitative estimate of drug-likeness (QED) is 0.147. The Bertz CT molecular complexity index is 1530. The largest absolute Gasteiger partial charge is 0.462 e. The lowest BCUT2D eigenvalue weighted by atomic mass is 9.65. The van der Waals surface area contributed by atoms with Crippen LogP contribution in [0.25, 0.3) is 0 Å². The van der Waals surface area contributed by atoms with Crippen molar-refractivity contribution in [3.63, 3.8) is 0 Å². The van der Waals surface area contributed by atoms with Crippen molar-refractivity contribution in [1.29, 1.82) is 0 Å². The van der Waals surface area contributed by atoms with Crippen LogP contribution >= 0.6 is 0 Å². The first kappa shape index (κ1) is 44.9. The van der Waals surface area contributed by atoms with Gasteiger partial charge < -0.3 is 29.2 Å². The SMILES string of the molecule is CC[C@H](C)C(=O)O[C@H]1CCC=C2C=C[C@H](C)[C@H](CCC3C[C@@H](O)CC(=O)O3)[C@H]21.CC[C@H](C)C(=O)O[C@H]1C[C@@H](C)C=C2C=C[C@H](C)[C@H](CCC3C[C@@H](O)CC(=O)O3)[C@H]21. The lowest BCUT2D eigenvalue weighted by molar-refractivity contribution is -0.162. The molecule has 2 aliphatic heterocycles. The molecule has 2 N–H and O–H groups in total. The molecule has 0 bridgehead atoms.